The molecule has 1 spiro atoms. The predicted octanol–water partition coefficient (Wildman–Crippen LogP) is 4.10. The molecule has 2 saturated carbocycles. The molecule has 0 aromatic heterocycles. The number of nitrogens with zero attached hydrogens (tertiary/aromatic N) is 1. The molecular weight excluding hydrogens is 260 g/mol. The van der Waals surface area contributed by atoms with E-state index in [9.17, 15) is 5.26 Å². The maximum absolute atomic E-state index is 9.25. The minimum absolute atomic E-state index is 0.289. The zero-order valence-corrected chi connectivity index (χ0v) is 12.8. The normalized spacial score (nSPS) is 26.9. The molecule has 3 nitrogen and oxygen atoms in total. The molecule has 2 aliphatic rings. The van der Waals surface area contributed by atoms with Crippen molar-refractivity contribution in [3.63, 3.8) is 0 Å². The summed E-state index contributed by atoms with van der Waals surface area (Å²) in [6, 6.07) is 10.5. The van der Waals surface area contributed by atoms with Crippen LogP contribution in [0.1, 0.15) is 51.0 Å². The van der Waals surface area contributed by atoms with Crippen LogP contribution in [0.4, 0.5) is 5.69 Å². The Labute approximate surface area is 127 Å². The van der Waals surface area contributed by atoms with Gasteiger partial charge in [-0.05, 0) is 38.3 Å². The molecule has 0 aliphatic heterocycles. The highest BCUT2D eigenvalue weighted by molar-refractivity contribution is 5.58. The Bertz CT molecular complexity index is 528. The van der Waals surface area contributed by atoms with Crippen LogP contribution >= 0.6 is 0 Å². The topological polar surface area (TPSA) is 45.0 Å². The van der Waals surface area contributed by atoms with Gasteiger partial charge in [-0.2, -0.15) is 5.26 Å². The first kappa shape index (κ1) is 14.4. The van der Waals surface area contributed by atoms with E-state index < -0.39 is 0 Å². The maximum atomic E-state index is 9.25. The van der Waals surface area contributed by atoms with Crippen molar-refractivity contribution in [3.8, 4) is 6.07 Å². The van der Waals surface area contributed by atoms with Gasteiger partial charge >= 0.3 is 0 Å². The quantitative estimate of drug-likeness (QED) is 0.905. The summed E-state index contributed by atoms with van der Waals surface area (Å²) in [4.78, 5) is 0. The van der Waals surface area contributed by atoms with E-state index in [1.807, 2.05) is 24.3 Å². The molecular formula is C18H24N2O. The van der Waals surface area contributed by atoms with E-state index in [0.29, 0.717) is 12.1 Å². The van der Waals surface area contributed by atoms with Crippen molar-refractivity contribution in [2.75, 3.05) is 11.9 Å². The first-order valence-electron chi connectivity index (χ1n) is 8.17. The van der Waals surface area contributed by atoms with Crippen LogP contribution in [-0.2, 0) is 4.74 Å². The van der Waals surface area contributed by atoms with Crippen molar-refractivity contribution < 1.29 is 4.74 Å². The van der Waals surface area contributed by atoms with Gasteiger partial charge in [0.05, 0.1) is 17.4 Å². The van der Waals surface area contributed by atoms with Gasteiger partial charge < -0.3 is 10.1 Å². The van der Waals surface area contributed by atoms with Gasteiger partial charge in [-0.15, -0.1) is 0 Å². The number of nitriles is 1. The summed E-state index contributed by atoms with van der Waals surface area (Å²) in [5, 5.41) is 12.9. The number of hydrogen-bond acceptors (Lipinski definition) is 3. The van der Waals surface area contributed by atoms with E-state index in [1.54, 1.807) is 0 Å². The second kappa shape index (κ2) is 6.07. The number of ether oxygens (including phenoxy) is 1. The Morgan fingerprint density at radius 3 is 2.76 bits per heavy atom. The van der Waals surface area contributed by atoms with Crippen LogP contribution in [0.2, 0.25) is 0 Å². The molecule has 3 heteroatoms. The SMILES string of the molecule is CCOC1CC(Nc2ccccc2C#N)C12CCCCC2. The van der Waals surface area contributed by atoms with E-state index in [2.05, 4.69) is 18.3 Å². The first-order chi connectivity index (χ1) is 10.3. The molecule has 0 heterocycles. The third-order valence-corrected chi connectivity index (χ3v) is 5.31. The molecule has 112 valence electrons. The molecule has 2 fully saturated rings. The zero-order valence-electron chi connectivity index (χ0n) is 12.8. The summed E-state index contributed by atoms with van der Waals surface area (Å²) in [6.07, 6.45) is 7.93. The summed E-state index contributed by atoms with van der Waals surface area (Å²) in [6.45, 7) is 2.89. The second-order valence-electron chi connectivity index (χ2n) is 6.33. The van der Waals surface area contributed by atoms with Crippen molar-refractivity contribution in [2.24, 2.45) is 5.41 Å². The molecule has 2 atom stereocenters. The Hall–Kier alpha value is -1.53. The molecule has 0 bridgehead atoms. The molecule has 2 aliphatic carbocycles. The van der Waals surface area contributed by atoms with E-state index >= 15 is 0 Å². The molecule has 21 heavy (non-hydrogen) atoms. The number of para-hydroxylation sites is 1. The number of benzene rings is 1. The van der Waals surface area contributed by atoms with Gasteiger partial charge in [0.15, 0.2) is 0 Å². The summed E-state index contributed by atoms with van der Waals surface area (Å²) in [7, 11) is 0. The van der Waals surface area contributed by atoms with Crippen LogP contribution in [0.25, 0.3) is 0 Å². The van der Waals surface area contributed by atoms with Crippen LogP contribution in [0.15, 0.2) is 24.3 Å². The average Bonchev–Trinajstić information content (AvgIpc) is 2.55. The van der Waals surface area contributed by atoms with Crippen molar-refractivity contribution in [2.45, 2.75) is 57.6 Å². The van der Waals surface area contributed by atoms with Crippen LogP contribution in [0, 0.1) is 16.7 Å². The minimum Gasteiger partial charge on any atom is -0.380 e. The zero-order chi connectivity index (χ0) is 14.7. The summed E-state index contributed by atoms with van der Waals surface area (Å²) < 4.78 is 5.99. The summed E-state index contributed by atoms with van der Waals surface area (Å²) in [5.74, 6) is 0. The first-order valence-corrected chi connectivity index (χ1v) is 8.17. The van der Waals surface area contributed by atoms with Crippen molar-refractivity contribution >= 4 is 5.69 Å². The van der Waals surface area contributed by atoms with E-state index in [0.717, 1.165) is 24.3 Å². The molecule has 0 saturated heterocycles. The average molecular weight is 284 g/mol. The Balaban J connectivity index is 1.77. The van der Waals surface area contributed by atoms with Crippen molar-refractivity contribution in [3.05, 3.63) is 29.8 Å². The highest BCUT2D eigenvalue weighted by Crippen LogP contribution is 2.54. The lowest BCUT2D eigenvalue weighted by atomic mass is 9.55. The van der Waals surface area contributed by atoms with Crippen LogP contribution in [0.3, 0.4) is 0 Å². The van der Waals surface area contributed by atoms with Crippen LogP contribution in [0.5, 0.6) is 0 Å². The third-order valence-electron chi connectivity index (χ3n) is 5.31. The van der Waals surface area contributed by atoms with Gasteiger partial charge in [0.2, 0.25) is 0 Å². The predicted molar refractivity (Wildman–Crippen MR) is 84.1 cm³/mol. The molecule has 0 amide bonds. The van der Waals surface area contributed by atoms with Crippen molar-refractivity contribution in [1.82, 2.24) is 0 Å². The lowest BCUT2D eigenvalue weighted by Crippen LogP contribution is -2.62. The van der Waals surface area contributed by atoms with Gasteiger partial charge in [0.1, 0.15) is 6.07 Å². The Kier molecular flexibility index (Phi) is 4.17. The lowest BCUT2D eigenvalue weighted by Gasteiger charge is -2.58. The number of rotatable bonds is 4. The lowest BCUT2D eigenvalue weighted by molar-refractivity contribution is -0.134. The monoisotopic (exact) mass is 284 g/mol. The number of nitrogens with one attached hydrogen (secondary N) is 1. The van der Waals surface area contributed by atoms with Gasteiger partial charge in [0, 0.05) is 18.1 Å². The number of hydrogen-bond donors (Lipinski definition) is 1. The van der Waals surface area contributed by atoms with Crippen LogP contribution < -0.4 is 5.32 Å². The molecule has 1 N–H and O–H groups in total. The fourth-order valence-electron chi connectivity index (χ4n) is 4.16. The molecule has 1 aromatic rings. The molecule has 2 unspecified atom stereocenters. The Morgan fingerprint density at radius 2 is 2.05 bits per heavy atom. The third kappa shape index (κ3) is 2.53. The molecule has 0 radical (unpaired) electrons. The second-order valence-corrected chi connectivity index (χ2v) is 6.33. The summed E-state index contributed by atoms with van der Waals surface area (Å²) in [5.41, 5.74) is 2.00. The standard InChI is InChI=1S/C18H24N2O/c1-2-21-17-12-16(18(17)10-6-3-7-11-18)20-15-9-5-4-8-14(15)13-19/h4-5,8-9,16-17,20H,2-3,6-7,10-12H2,1H3. The van der Waals surface area contributed by atoms with Crippen LogP contribution in [-0.4, -0.2) is 18.8 Å². The summed E-state index contributed by atoms with van der Waals surface area (Å²) >= 11 is 0. The van der Waals surface area contributed by atoms with E-state index in [4.69, 9.17) is 4.74 Å². The van der Waals surface area contributed by atoms with Gasteiger partial charge in [-0.1, -0.05) is 31.4 Å². The fourth-order valence-corrected chi connectivity index (χ4v) is 4.16. The maximum Gasteiger partial charge on any atom is 0.101 e. The Morgan fingerprint density at radius 1 is 1.29 bits per heavy atom. The highest BCUT2D eigenvalue weighted by atomic mass is 16.5. The molecule has 1 aromatic carbocycles. The fraction of sp³-hybridized carbons (Fsp3) is 0.611. The van der Waals surface area contributed by atoms with Crippen molar-refractivity contribution in [1.29, 1.82) is 5.26 Å². The van der Waals surface area contributed by atoms with Gasteiger partial charge in [-0.3, -0.25) is 0 Å². The van der Waals surface area contributed by atoms with Gasteiger partial charge in [-0.25, -0.2) is 0 Å². The largest absolute Gasteiger partial charge is 0.380 e. The highest BCUT2D eigenvalue weighted by Gasteiger charge is 2.55. The minimum atomic E-state index is 0.289. The number of anilines is 1. The molecule has 3 rings (SSSR count). The van der Waals surface area contributed by atoms with E-state index in [-0.39, 0.29) is 5.41 Å². The smallest absolute Gasteiger partial charge is 0.101 e. The van der Waals surface area contributed by atoms with Gasteiger partial charge in [0.25, 0.3) is 0 Å². The van der Waals surface area contributed by atoms with E-state index in [1.165, 1.54) is 32.1 Å².